The Morgan fingerprint density at radius 2 is 2.00 bits per heavy atom. The predicted molar refractivity (Wildman–Crippen MR) is 86.4 cm³/mol. The van der Waals surface area contributed by atoms with Crippen LogP contribution in [-0.2, 0) is 4.79 Å². The van der Waals surface area contributed by atoms with E-state index in [1.807, 2.05) is 0 Å². The Hall–Kier alpha value is -0.570. The van der Waals surface area contributed by atoms with E-state index in [4.69, 9.17) is 0 Å². The van der Waals surface area contributed by atoms with E-state index >= 15 is 0 Å². The van der Waals surface area contributed by atoms with Crippen LogP contribution in [0.2, 0.25) is 0 Å². The van der Waals surface area contributed by atoms with Crippen LogP contribution in [-0.4, -0.2) is 35.1 Å². The van der Waals surface area contributed by atoms with E-state index in [9.17, 15) is 9.90 Å². The van der Waals surface area contributed by atoms with Gasteiger partial charge < -0.3 is 5.11 Å². The van der Waals surface area contributed by atoms with Crippen LogP contribution < -0.4 is 0 Å². The van der Waals surface area contributed by atoms with Crippen LogP contribution in [0.25, 0.3) is 0 Å². The van der Waals surface area contributed by atoms with E-state index < -0.39 is 5.97 Å². The second-order valence-electron chi connectivity index (χ2n) is 8.03. The zero-order valence-electron chi connectivity index (χ0n) is 14.1. The largest absolute Gasteiger partial charge is 0.481 e. The number of rotatable bonds is 4. The lowest BCUT2D eigenvalue weighted by Gasteiger charge is -2.41. The first-order valence-electron chi connectivity index (χ1n) is 8.90. The van der Waals surface area contributed by atoms with Gasteiger partial charge in [-0.2, -0.15) is 0 Å². The fourth-order valence-electron chi connectivity index (χ4n) is 4.37. The molecule has 1 saturated heterocycles. The molecule has 2 aliphatic rings. The lowest BCUT2D eigenvalue weighted by molar-refractivity contribution is -0.146. The van der Waals surface area contributed by atoms with Gasteiger partial charge in [-0.05, 0) is 62.9 Å². The zero-order valence-corrected chi connectivity index (χ0v) is 14.1. The summed E-state index contributed by atoms with van der Waals surface area (Å²) in [4.78, 5) is 14.2. The van der Waals surface area contributed by atoms with Gasteiger partial charge in [-0.25, -0.2) is 0 Å². The van der Waals surface area contributed by atoms with Crippen molar-refractivity contribution in [2.75, 3.05) is 13.1 Å². The van der Waals surface area contributed by atoms with E-state index in [0.29, 0.717) is 5.41 Å². The maximum Gasteiger partial charge on any atom is 0.308 e. The summed E-state index contributed by atoms with van der Waals surface area (Å²) < 4.78 is 0. The van der Waals surface area contributed by atoms with Gasteiger partial charge in [-0.15, -0.1) is 0 Å². The molecule has 1 saturated carbocycles. The second-order valence-corrected chi connectivity index (χ2v) is 8.03. The Balaban J connectivity index is 2.06. The molecule has 3 atom stereocenters. The number of hydrogen-bond acceptors (Lipinski definition) is 2. The van der Waals surface area contributed by atoms with Crippen molar-refractivity contribution in [2.24, 2.45) is 17.3 Å². The highest BCUT2D eigenvalue weighted by molar-refractivity contribution is 5.71. The average Bonchev–Trinajstić information content (AvgIpc) is 2.60. The summed E-state index contributed by atoms with van der Waals surface area (Å²) in [7, 11) is 0. The summed E-state index contributed by atoms with van der Waals surface area (Å²) in [6.45, 7) is 9.13. The molecule has 0 bridgehead atoms. The number of hydrogen-bond donors (Lipinski definition) is 1. The number of carbonyl (C=O) groups is 1. The fourth-order valence-corrected chi connectivity index (χ4v) is 4.37. The van der Waals surface area contributed by atoms with Crippen LogP contribution in [0, 0.1) is 17.3 Å². The minimum atomic E-state index is -0.571. The first kappa shape index (κ1) is 16.8. The first-order valence-corrected chi connectivity index (χ1v) is 8.90. The van der Waals surface area contributed by atoms with Gasteiger partial charge in [-0.1, -0.05) is 33.6 Å². The van der Waals surface area contributed by atoms with Gasteiger partial charge >= 0.3 is 5.97 Å². The van der Waals surface area contributed by atoms with Crippen molar-refractivity contribution < 1.29 is 9.90 Å². The molecule has 0 amide bonds. The molecule has 2 fully saturated rings. The molecule has 0 aromatic carbocycles. The molecule has 0 aromatic heterocycles. The van der Waals surface area contributed by atoms with Gasteiger partial charge in [0.05, 0.1) is 5.92 Å². The summed E-state index contributed by atoms with van der Waals surface area (Å²) in [6.07, 6.45) is 9.27. The molecule has 0 spiro atoms. The predicted octanol–water partition coefficient (Wildman–Crippen LogP) is 4.17. The molecule has 0 radical (unpaired) electrons. The highest BCUT2D eigenvalue weighted by Gasteiger charge is 2.39. The number of carboxylic acids is 1. The van der Waals surface area contributed by atoms with Crippen molar-refractivity contribution in [2.45, 2.75) is 78.2 Å². The van der Waals surface area contributed by atoms with Crippen molar-refractivity contribution >= 4 is 5.97 Å². The Morgan fingerprint density at radius 3 is 2.67 bits per heavy atom. The van der Waals surface area contributed by atoms with Crippen molar-refractivity contribution in [1.29, 1.82) is 0 Å². The fraction of sp³-hybridized carbons (Fsp3) is 0.944. The number of aliphatic carboxylic acids is 1. The number of carboxylic acid groups (broad SMARTS) is 1. The lowest BCUT2D eigenvalue weighted by atomic mass is 9.76. The van der Waals surface area contributed by atoms with Gasteiger partial charge in [0.25, 0.3) is 0 Å². The molecule has 3 nitrogen and oxygen atoms in total. The van der Waals surface area contributed by atoms with Crippen molar-refractivity contribution in [3.63, 3.8) is 0 Å². The van der Waals surface area contributed by atoms with Crippen LogP contribution in [0.4, 0.5) is 0 Å². The summed E-state index contributed by atoms with van der Waals surface area (Å²) in [6, 6.07) is 0.279. The van der Waals surface area contributed by atoms with Crippen molar-refractivity contribution in [1.82, 2.24) is 4.90 Å². The van der Waals surface area contributed by atoms with E-state index in [2.05, 4.69) is 25.7 Å². The molecule has 1 aliphatic heterocycles. The normalized spacial score (nSPS) is 34.3. The van der Waals surface area contributed by atoms with Gasteiger partial charge in [0.1, 0.15) is 0 Å². The molecule has 1 heterocycles. The molecule has 1 aliphatic carbocycles. The third-order valence-corrected chi connectivity index (χ3v) is 5.78. The van der Waals surface area contributed by atoms with E-state index in [1.54, 1.807) is 0 Å². The maximum absolute atomic E-state index is 11.7. The third-order valence-electron chi connectivity index (χ3n) is 5.78. The summed E-state index contributed by atoms with van der Waals surface area (Å²) in [5.74, 6) is 0.0321. The highest BCUT2D eigenvalue weighted by Crippen LogP contribution is 2.38. The summed E-state index contributed by atoms with van der Waals surface area (Å²) >= 11 is 0. The Kier molecular flexibility index (Phi) is 5.70. The van der Waals surface area contributed by atoms with Gasteiger partial charge in [0.2, 0.25) is 0 Å². The number of likely N-dealkylation sites (tertiary alicyclic amines) is 1. The standard InChI is InChI=1S/C18H33NO2/c1-4-6-14-7-8-15(17(20)21)16(13-14)19-11-5-9-18(2,3)10-12-19/h14-16H,4-13H2,1-3H3,(H,20,21). The van der Waals surface area contributed by atoms with Crippen LogP contribution in [0.15, 0.2) is 0 Å². The quantitative estimate of drug-likeness (QED) is 0.846. The molecular weight excluding hydrogens is 262 g/mol. The van der Waals surface area contributed by atoms with Gasteiger partial charge in [0.15, 0.2) is 0 Å². The molecule has 2 rings (SSSR count). The Labute approximate surface area is 130 Å². The average molecular weight is 295 g/mol. The van der Waals surface area contributed by atoms with E-state index in [1.165, 1.54) is 32.1 Å². The maximum atomic E-state index is 11.7. The molecule has 122 valence electrons. The molecule has 1 N–H and O–H groups in total. The summed E-state index contributed by atoms with van der Waals surface area (Å²) in [5.41, 5.74) is 0.422. The zero-order chi connectivity index (χ0) is 15.5. The van der Waals surface area contributed by atoms with Gasteiger partial charge in [0, 0.05) is 6.04 Å². The molecule has 3 heteroatoms. The molecule has 21 heavy (non-hydrogen) atoms. The third kappa shape index (κ3) is 4.45. The van der Waals surface area contributed by atoms with Crippen LogP contribution in [0.1, 0.15) is 72.1 Å². The van der Waals surface area contributed by atoms with Crippen molar-refractivity contribution in [3.05, 3.63) is 0 Å². The smallest absolute Gasteiger partial charge is 0.308 e. The Morgan fingerprint density at radius 1 is 1.24 bits per heavy atom. The van der Waals surface area contributed by atoms with Crippen LogP contribution in [0.3, 0.4) is 0 Å². The lowest BCUT2D eigenvalue weighted by Crippen LogP contribution is -2.47. The van der Waals surface area contributed by atoms with E-state index in [-0.39, 0.29) is 12.0 Å². The Bertz CT molecular complexity index is 353. The molecule has 0 aromatic rings. The van der Waals surface area contributed by atoms with E-state index in [0.717, 1.165) is 38.3 Å². The SMILES string of the molecule is CCCC1CCC(C(=O)O)C(N2CCCC(C)(C)CC2)C1. The van der Waals surface area contributed by atoms with Crippen LogP contribution in [0.5, 0.6) is 0 Å². The van der Waals surface area contributed by atoms with Gasteiger partial charge in [-0.3, -0.25) is 9.69 Å². The minimum absolute atomic E-state index is 0.140. The first-order chi connectivity index (χ1) is 9.93. The molecular formula is C18H33NO2. The second kappa shape index (κ2) is 7.13. The summed E-state index contributed by atoms with van der Waals surface area (Å²) in [5, 5.41) is 9.60. The van der Waals surface area contributed by atoms with Crippen LogP contribution >= 0.6 is 0 Å². The topological polar surface area (TPSA) is 40.5 Å². The highest BCUT2D eigenvalue weighted by atomic mass is 16.4. The van der Waals surface area contributed by atoms with Crippen molar-refractivity contribution in [3.8, 4) is 0 Å². The minimum Gasteiger partial charge on any atom is -0.481 e. The monoisotopic (exact) mass is 295 g/mol. The molecule has 3 unspecified atom stereocenters. The number of nitrogens with zero attached hydrogens (tertiary/aromatic N) is 1.